The molecular formula is C22H36O2. The maximum atomic E-state index is 11.0. The van der Waals surface area contributed by atoms with Crippen molar-refractivity contribution in [2.24, 2.45) is 0 Å². The molecule has 2 heteroatoms. The largest absolute Gasteiger partial charge is 0.427 e. The minimum Gasteiger partial charge on any atom is -0.427 e. The van der Waals surface area contributed by atoms with E-state index in [4.69, 9.17) is 4.74 Å². The van der Waals surface area contributed by atoms with E-state index in [1.807, 2.05) is 18.2 Å². The van der Waals surface area contributed by atoms with Crippen molar-refractivity contribution in [3.8, 4) is 5.75 Å². The summed E-state index contributed by atoms with van der Waals surface area (Å²) in [5, 5.41) is 0. The molecule has 0 saturated heterocycles. The maximum absolute atomic E-state index is 11.0. The van der Waals surface area contributed by atoms with Crippen LogP contribution in [0.4, 0.5) is 0 Å². The molecule has 136 valence electrons. The topological polar surface area (TPSA) is 26.3 Å². The molecule has 0 saturated carbocycles. The third-order valence-electron chi connectivity index (χ3n) is 4.48. The van der Waals surface area contributed by atoms with Crippen molar-refractivity contribution in [3.63, 3.8) is 0 Å². The lowest BCUT2D eigenvalue weighted by Gasteiger charge is -2.05. The summed E-state index contributed by atoms with van der Waals surface area (Å²) in [6.07, 6.45) is 17.6. The highest BCUT2D eigenvalue weighted by atomic mass is 16.5. The van der Waals surface area contributed by atoms with Crippen molar-refractivity contribution in [2.45, 2.75) is 97.3 Å². The number of esters is 1. The quantitative estimate of drug-likeness (QED) is 0.211. The Hall–Kier alpha value is -1.31. The summed E-state index contributed by atoms with van der Waals surface area (Å²) >= 11 is 0. The average molecular weight is 333 g/mol. The van der Waals surface area contributed by atoms with Crippen LogP contribution in [-0.4, -0.2) is 5.97 Å². The summed E-state index contributed by atoms with van der Waals surface area (Å²) in [7, 11) is 0. The number of aryl methyl sites for hydroxylation is 1. The molecule has 0 aromatic heterocycles. The zero-order valence-corrected chi connectivity index (χ0v) is 15.8. The van der Waals surface area contributed by atoms with E-state index in [1.165, 1.54) is 89.5 Å². The lowest BCUT2D eigenvalue weighted by molar-refractivity contribution is -0.131. The first-order valence-corrected chi connectivity index (χ1v) is 9.99. The van der Waals surface area contributed by atoms with Crippen LogP contribution in [0.5, 0.6) is 5.75 Å². The molecule has 0 atom stereocenters. The molecule has 0 N–H and O–H groups in total. The van der Waals surface area contributed by atoms with Crippen LogP contribution in [0, 0.1) is 0 Å². The lowest BCUT2D eigenvalue weighted by atomic mass is 10.0. The highest BCUT2D eigenvalue weighted by molar-refractivity contribution is 5.69. The Balaban J connectivity index is 1.96. The fourth-order valence-electron chi connectivity index (χ4n) is 3.10. The van der Waals surface area contributed by atoms with Gasteiger partial charge in [0.2, 0.25) is 0 Å². The molecule has 0 bridgehead atoms. The summed E-state index contributed by atoms with van der Waals surface area (Å²) in [4.78, 5) is 11.0. The standard InChI is InChI=1S/C22H36O2/c1-3-4-5-6-7-8-9-10-11-12-13-14-16-21-17-15-18-22(19-21)24-20(2)23/h15,17-19H,3-14,16H2,1-2H3. The normalized spacial score (nSPS) is 10.8. The van der Waals surface area contributed by atoms with Gasteiger partial charge in [-0.3, -0.25) is 4.79 Å². The molecule has 0 amide bonds. The van der Waals surface area contributed by atoms with E-state index in [2.05, 4.69) is 13.0 Å². The van der Waals surface area contributed by atoms with Gasteiger partial charge in [-0.15, -0.1) is 0 Å². The van der Waals surface area contributed by atoms with Crippen molar-refractivity contribution in [1.82, 2.24) is 0 Å². The molecule has 2 nitrogen and oxygen atoms in total. The predicted octanol–water partition coefficient (Wildman–Crippen LogP) is 6.86. The number of carbonyl (C=O) groups is 1. The minimum atomic E-state index is -0.252. The molecule has 24 heavy (non-hydrogen) atoms. The van der Waals surface area contributed by atoms with Crippen molar-refractivity contribution in [2.75, 3.05) is 0 Å². The third-order valence-corrected chi connectivity index (χ3v) is 4.48. The lowest BCUT2D eigenvalue weighted by Crippen LogP contribution is -2.01. The van der Waals surface area contributed by atoms with E-state index in [9.17, 15) is 4.79 Å². The molecule has 0 heterocycles. The molecule has 1 rings (SSSR count). The second kappa shape index (κ2) is 14.1. The zero-order valence-electron chi connectivity index (χ0n) is 15.8. The first kappa shape index (κ1) is 20.7. The van der Waals surface area contributed by atoms with Gasteiger partial charge in [0, 0.05) is 6.92 Å². The first-order chi connectivity index (χ1) is 11.7. The number of rotatable bonds is 14. The van der Waals surface area contributed by atoms with Gasteiger partial charge in [-0.05, 0) is 30.5 Å². The Morgan fingerprint density at radius 3 is 1.92 bits per heavy atom. The molecule has 0 radical (unpaired) electrons. The monoisotopic (exact) mass is 332 g/mol. The Morgan fingerprint density at radius 1 is 0.833 bits per heavy atom. The van der Waals surface area contributed by atoms with Crippen LogP contribution in [0.2, 0.25) is 0 Å². The van der Waals surface area contributed by atoms with Gasteiger partial charge in [0.05, 0.1) is 0 Å². The molecule has 0 unspecified atom stereocenters. The van der Waals surface area contributed by atoms with Gasteiger partial charge in [-0.1, -0.05) is 89.7 Å². The fraction of sp³-hybridized carbons (Fsp3) is 0.682. The number of hydrogen-bond acceptors (Lipinski definition) is 2. The average Bonchev–Trinajstić information content (AvgIpc) is 2.55. The van der Waals surface area contributed by atoms with Crippen molar-refractivity contribution < 1.29 is 9.53 Å². The van der Waals surface area contributed by atoms with Crippen LogP contribution < -0.4 is 4.74 Å². The van der Waals surface area contributed by atoms with Crippen LogP contribution in [0.1, 0.15) is 96.5 Å². The van der Waals surface area contributed by atoms with Gasteiger partial charge in [0.15, 0.2) is 0 Å². The first-order valence-electron chi connectivity index (χ1n) is 9.99. The predicted molar refractivity (Wildman–Crippen MR) is 103 cm³/mol. The maximum Gasteiger partial charge on any atom is 0.308 e. The smallest absolute Gasteiger partial charge is 0.308 e. The van der Waals surface area contributed by atoms with Gasteiger partial charge < -0.3 is 4.74 Å². The van der Waals surface area contributed by atoms with E-state index in [1.54, 1.807) is 0 Å². The van der Waals surface area contributed by atoms with Crippen molar-refractivity contribution >= 4 is 5.97 Å². The van der Waals surface area contributed by atoms with Gasteiger partial charge in [-0.2, -0.15) is 0 Å². The second-order valence-corrected chi connectivity index (χ2v) is 6.88. The van der Waals surface area contributed by atoms with Crippen LogP contribution >= 0.6 is 0 Å². The van der Waals surface area contributed by atoms with Crippen molar-refractivity contribution in [3.05, 3.63) is 29.8 Å². The number of ether oxygens (including phenoxy) is 1. The Bertz CT molecular complexity index is 439. The summed E-state index contributed by atoms with van der Waals surface area (Å²) in [5.74, 6) is 0.413. The number of benzene rings is 1. The summed E-state index contributed by atoms with van der Waals surface area (Å²) < 4.78 is 5.13. The van der Waals surface area contributed by atoms with E-state index < -0.39 is 0 Å². The minimum absolute atomic E-state index is 0.252. The molecule has 1 aromatic rings. The van der Waals surface area contributed by atoms with Crippen LogP contribution in [-0.2, 0) is 11.2 Å². The summed E-state index contributed by atoms with van der Waals surface area (Å²) in [5.41, 5.74) is 1.26. The van der Waals surface area contributed by atoms with Crippen LogP contribution in [0.3, 0.4) is 0 Å². The Morgan fingerprint density at radius 2 is 1.38 bits per heavy atom. The number of unbranched alkanes of at least 4 members (excludes halogenated alkanes) is 11. The van der Waals surface area contributed by atoms with E-state index in [0.717, 1.165) is 6.42 Å². The van der Waals surface area contributed by atoms with E-state index >= 15 is 0 Å². The molecule has 0 fully saturated rings. The Kier molecular flexibility index (Phi) is 12.2. The molecular weight excluding hydrogens is 296 g/mol. The van der Waals surface area contributed by atoms with E-state index in [0.29, 0.717) is 5.75 Å². The summed E-state index contributed by atoms with van der Waals surface area (Å²) in [6.45, 7) is 3.72. The highest BCUT2D eigenvalue weighted by Gasteiger charge is 2.00. The number of carbonyl (C=O) groups excluding carboxylic acids is 1. The summed E-state index contributed by atoms with van der Waals surface area (Å²) in [6, 6.07) is 7.91. The molecule has 0 aliphatic carbocycles. The van der Waals surface area contributed by atoms with Gasteiger partial charge in [-0.25, -0.2) is 0 Å². The molecule has 1 aromatic carbocycles. The third kappa shape index (κ3) is 11.3. The van der Waals surface area contributed by atoms with Gasteiger partial charge in [0.1, 0.15) is 5.75 Å². The van der Waals surface area contributed by atoms with Crippen molar-refractivity contribution in [1.29, 1.82) is 0 Å². The van der Waals surface area contributed by atoms with Gasteiger partial charge >= 0.3 is 5.97 Å². The Labute approximate surface area is 149 Å². The fourth-order valence-corrected chi connectivity index (χ4v) is 3.10. The molecule has 0 aliphatic heterocycles. The van der Waals surface area contributed by atoms with E-state index in [-0.39, 0.29) is 5.97 Å². The SMILES string of the molecule is CCCCCCCCCCCCCCc1cccc(OC(C)=O)c1. The molecule has 0 aliphatic rings. The zero-order chi connectivity index (χ0) is 17.5. The van der Waals surface area contributed by atoms with Crippen LogP contribution in [0.15, 0.2) is 24.3 Å². The second-order valence-electron chi connectivity index (χ2n) is 6.88. The molecule has 0 spiro atoms. The van der Waals surface area contributed by atoms with Crippen LogP contribution in [0.25, 0.3) is 0 Å². The number of hydrogen-bond donors (Lipinski definition) is 0. The highest BCUT2D eigenvalue weighted by Crippen LogP contribution is 2.17. The van der Waals surface area contributed by atoms with Gasteiger partial charge in [0.25, 0.3) is 0 Å².